The van der Waals surface area contributed by atoms with Gasteiger partial charge in [0, 0.05) is 18.7 Å². The van der Waals surface area contributed by atoms with Crippen molar-refractivity contribution < 1.29 is 19.0 Å². The minimum atomic E-state index is -0.233. The van der Waals surface area contributed by atoms with Crippen LogP contribution >= 0.6 is 0 Å². The Labute approximate surface area is 194 Å². The summed E-state index contributed by atoms with van der Waals surface area (Å²) < 4.78 is 18.3. The molecule has 0 fully saturated rings. The van der Waals surface area contributed by atoms with Gasteiger partial charge in [-0.05, 0) is 30.3 Å². The standard InChI is InChI=1S/C25H30N4O4/c1-6-13-29-21(25(30)27-16-17-11-9-8-10-12-17)23(26-7-2)28-24(29)18-14-19(31-3)22(33-5)20(15-18)32-4/h7-12,14-15,26H,2,6,13,16H2,1,3-5H3,(H,27,30). The fourth-order valence-corrected chi connectivity index (χ4v) is 3.61. The minimum Gasteiger partial charge on any atom is -0.493 e. The normalized spacial score (nSPS) is 10.4. The molecule has 0 radical (unpaired) electrons. The van der Waals surface area contributed by atoms with E-state index in [1.165, 1.54) is 6.20 Å². The summed E-state index contributed by atoms with van der Waals surface area (Å²) >= 11 is 0. The number of nitrogens with zero attached hydrogens (tertiary/aromatic N) is 2. The summed E-state index contributed by atoms with van der Waals surface area (Å²) in [7, 11) is 4.68. The average molecular weight is 451 g/mol. The lowest BCUT2D eigenvalue weighted by Crippen LogP contribution is -2.26. The molecule has 0 saturated heterocycles. The summed E-state index contributed by atoms with van der Waals surface area (Å²) in [5, 5.41) is 6.01. The smallest absolute Gasteiger partial charge is 0.272 e. The van der Waals surface area contributed by atoms with E-state index in [0.717, 1.165) is 17.5 Å². The fourth-order valence-electron chi connectivity index (χ4n) is 3.61. The van der Waals surface area contributed by atoms with Gasteiger partial charge in [-0.15, -0.1) is 0 Å². The Balaban J connectivity index is 2.09. The first kappa shape index (κ1) is 23.7. The summed E-state index contributed by atoms with van der Waals surface area (Å²) in [5.74, 6) is 2.29. The number of aromatic nitrogens is 2. The Hall–Kier alpha value is -3.94. The zero-order chi connectivity index (χ0) is 23.8. The van der Waals surface area contributed by atoms with Crippen LogP contribution < -0.4 is 24.8 Å². The second kappa shape index (κ2) is 11.1. The number of imidazole rings is 1. The lowest BCUT2D eigenvalue weighted by molar-refractivity contribution is 0.0942. The summed E-state index contributed by atoms with van der Waals surface area (Å²) in [4.78, 5) is 18.0. The number of hydrogen-bond donors (Lipinski definition) is 2. The molecule has 1 aromatic heterocycles. The van der Waals surface area contributed by atoms with E-state index in [2.05, 4.69) is 17.2 Å². The van der Waals surface area contributed by atoms with Crippen molar-refractivity contribution >= 4 is 11.7 Å². The van der Waals surface area contributed by atoms with Crippen LogP contribution in [0.3, 0.4) is 0 Å². The SMILES string of the molecule is C=CNc1nc(-c2cc(OC)c(OC)c(OC)c2)n(CCC)c1C(=O)NCc1ccccc1. The molecule has 3 rings (SSSR count). The molecule has 0 atom stereocenters. The monoisotopic (exact) mass is 450 g/mol. The molecule has 0 bridgehead atoms. The number of amides is 1. The maximum Gasteiger partial charge on any atom is 0.272 e. The predicted octanol–water partition coefficient (Wildman–Crippen LogP) is 4.47. The zero-order valence-electron chi connectivity index (χ0n) is 19.5. The molecule has 33 heavy (non-hydrogen) atoms. The van der Waals surface area contributed by atoms with Crippen LogP contribution in [0.4, 0.5) is 5.82 Å². The third kappa shape index (κ3) is 5.11. The maximum atomic E-state index is 13.3. The number of anilines is 1. The molecule has 3 aromatic rings. The first-order chi connectivity index (χ1) is 16.1. The van der Waals surface area contributed by atoms with Crippen molar-refractivity contribution in [3.05, 3.63) is 66.5 Å². The van der Waals surface area contributed by atoms with Crippen molar-refractivity contribution in [2.24, 2.45) is 0 Å². The van der Waals surface area contributed by atoms with Crippen molar-refractivity contribution in [1.29, 1.82) is 0 Å². The van der Waals surface area contributed by atoms with Gasteiger partial charge in [0.1, 0.15) is 5.82 Å². The van der Waals surface area contributed by atoms with Gasteiger partial charge in [-0.25, -0.2) is 4.98 Å². The quantitative estimate of drug-likeness (QED) is 0.448. The molecular formula is C25H30N4O4. The molecule has 174 valence electrons. The second-order valence-corrected chi connectivity index (χ2v) is 7.22. The van der Waals surface area contributed by atoms with Gasteiger partial charge in [0.25, 0.3) is 5.91 Å². The van der Waals surface area contributed by atoms with Crippen molar-refractivity contribution in [3.63, 3.8) is 0 Å². The maximum absolute atomic E-state index is 13.3. The van der Waals surface area contributed by atoms with Gasteiger partial charge in [0.2, 0.25) is 5.75 Å². The summed E-state index contributed by atoms with van der Waals surface area (Å²) in [5.41, 5.74) is 2.17. The minimum absolute atomic E-state index is 0.233. The van der Waals surface area contributed by atoms with Crippen LogP contribution in [0.2, 0.25) is 0 Å². The number of nitrogens with one attached hydrogen (secondary N) is 2. The van der Waals surface area contributed by atoms with E-state index in [-0.39, 0.29) is 5.91 Å². The fraction of sp³-hybridized carbons (Fsp3) is 0.280. The number of carbonyl (C=O) groups excluding carboxylic acids is 1. The first-order valence-corrected chi connectivity index (χ1v) is 10.7. The van der Waals surface area contributed by atoms with Gasteiger partial charge in [-0.3, -0.25) is 4.79 Å². The third-order valence-electron chi connectivity index (χ3n) is 5.09. The van der Waals surface area contributed by atoms with Gasteiger partial charge in [-0.1, -0.05) is 43.8 Å². The van der Waals surface area contributed by atoms with Gasteiger partial charge in [-0.2, -0.15) is 0 Å². The number of ether oxygens (including phenoxy) is 3. The number of methoxy groups -OCH3 is 3. The van der Waals surface area contributed by atoms with E-state index >= 15 is 0 Å². The van der Waals surface area contributed by atoms with Crippen LogP contribution in [0, 0.1) is 0 Å². The largest absolute Gasteiger partial charge is 0.493 e. The van der Waals surface area contributed by atoms with Crippen LogP contribution in [0.1, 0.15) is 29.4 Å². The molecule has 0 aliphatic carbocycles. The highest BCUT2D eigenvalue weighted by molar-refractivity contribution is 5.98. The van der Waals surface area contributed by atoms with E-state index in [9.17, 15) is 4.79 Å². The molecule has 0 unspecified atom stereocenters. The third-order valence-corrected chi connectivity index (χ3v) is 5.09. The molecule has 0 spiro atoms. The van der Waals surface area contributed by atoms with Gasteiger partial charge >= 0.3 is 0 Å². The average Bonchev–Trinajstić information content (AvgIpc) is 3.20. The summed E-state index contributed by atoms with van der Waals surface area (Å²) in [6.45, 7) is 6.78. The van der Waals surface area contributed by atoms with Crippen LogP contribution in [-0.4, -0.2) is 36.8 Å². The number of rotatable bonds is 11. The van der Waals surface area contributed by atoms with Crippen molar-refractivity contribution in [1.82, 2.24) is 14.9 Å². The van der Waals surface area contributed by atoms with Crippen molar-refractivity contribution in [3.8, 4) is 28.6 Å². The topological polar surface area (TPSA) is 86.6 Å². The van der Waals surface area contributed by atoms with E-state index in [1.807, 2.05) is 54.0 Å². The molecule has 0 aliphatic heterocycles. The lowest BCUT2D eigenvalue weighted by Gasteiger charge is -2.15. The van der Waals surface area contributed by atoms with Crippen LogP contribution in [0.25, 0.3) is 11.4 Å². The number of benzene rings is 2. The summed E-state index contributed by atoms with van der Waals surface area (Å²) in [6, 6.07) is 13.4. The molecule has 0 aliphatic rings. The van der Waals surface area contributed by atoms with Crippen LogP contribution in [-0.2, 0) is 13.1 Å². The lowest BCUT2D eigenvalue weighted by atomic mass is 10.1. The Morgan fingerprint density at radius 3 is 2.30 bits per heavy atom. The predicted molar refractivity (Wildman–Crippen MR) is 129 cm³/mol. The highest BCUT2D eigenvalue weighted by atomic mass is 16.5. The van der Waals surface area contributed by atoms with Gasteiger partial charge < -0.3 is 29.4 Å². The van der Waals surface area contributed by atoms with Gasteiger partial charge in [0.15, 0.2) is 23.0 Å². The van der Waals surface area contributed by atoms with Crippen LogP contribution in [0.5, 0.6) is 17.2 Å². The highest BCUT2D eigenvalue weighted by Gasteiger charge is 2.25. The molecule has 1 amide bonds. The first-order valence-electron chi connectivity index (χ1n) is 10.7. The molecule has 0 saturated carbocycles. The van der Waals surface area contributed by atoms with Crippen molar-refractivity contribution in [2.75, 3.05) is 26.6 Å². The highest BCUT2D eigenvalue weighted by Crippen LogP contribution is 2.41. The van der Waals surface area contributed by atoms with E-state index in [4.69, 9.17) is 19.2 Å². The second-order valence-electron chi connectivity index (χ2n) is 7.22. The van der Waals surface area contributed by atoms with Gasteiger partial charge in [0.05, 0.1) is 21.3 Å². The summed E-state index contributed by atoms with van der Waals surface area (Å²) in [6.07, 6.45) is 2.31. The van der Waals surface area contributed by atoms with E-state index in [0.29, 0.717) is 47.7 Å². The molecular weight excluding hydrogens is 420 g/mol. The van der Waals surface area contributed by atoms with Crippen LogP contribution in [0.15, 0.2) is 55.2 Å². The Kier molecular flexibility index (Phi) is 7.96. The molecule has 2 aromatic carbocycles. The molecule has 8 heteroatoms. The zero-order valence-corrected chi connectivity index (χ0v) is 19.5. The number of hydrogen-bond acceptors (Lipinski definition) is 6. The Morgan fingerprint density at radius 2 is 1.76 bits per heavy atom. The van der Waals surface area contributed by atoms with Crippen molar-refractivity contribution in [2.45, 2.75) is 26.4 Å². The van der Waals surface area contributed by atoms with E-state index in [1.54, 1.807) is 21.3 Å². The number of carbonyl (C=O) groups is 1. The molecule has 2 N–H and O–H groups in total. The Bertz CT molecular complexity index is 1080. The molecule has 8 nitrogen and oxygen atoms in total. The molecule has 1 heterocycles. The Morgan fingerprint density at radius 1 is 1.09 bits per heavy atom. The van der Waals surface area contributed by atoms with E-state index < -0.39 is 0 Å².